The van der Waals surface area contributed by atoms with E-state index in [2.05, 4.69) is 10.5 Å². The number of carbonyl (C=O) groups is 2. The number of hydrogen-bond donors (Lipinski definition) is 2. The van der Waals surface area contributed by atoms with Crippen molar-refractivity contribution in [1.82, 2.24) is 10.5 Å². The molecule has 1 atom stereocenters. The van der Waals surface area contributed by atoms with Crippen molar-refractivity contribution in [2.45, 2.75) is 26.8 Å². The maximum atomic E-state index is 12.1. The number of carboxylic acid groups (broad SMARTS) is 1. The van der Waals surface area contributed by atoms with Gasteiger partial charge in [-0.3, -0.25) is 4.79 Å². The molecule has 112 valence electrons. The molecular formula is C14H16N2O5. The maximum Gasteiger partial charge on any atom is 0.326 e. The number of rotatable bonds is 4. The molecule has 2 aromatic rings. The minimum atomic E-state index is -1.11. The monoisotopic (exact) mass is 292 g/mol. The highest BCUT2D eigenvalue weighted by atomic mass is 16.5. The van der Waals surface area contributed by atoms with E-state index < -0.39 is 23.3 Å². The normalized spacial score (nSPS) is 12.9. The minimum Gasteiger partial charge on any atom is -0.480 e. The van der Waals surface area contributed by atoms with Crippen molar-refractivity contribution in [3.63, 3.8) is 0 Å². The van der Waals surface area contributed by atoms with Crippen LogP contribution in [0.1, 0.15) is 31.3 Å². The Hall–Kier alpha value is -2.57. The molecule has 7 nitrogen and oxygen atoms in total. The summed E-state index contributed by atoms with van der Waals surface area (Å²) >= 11 is 0. The van der Waals surface area contributed by atoms with Crippen LogP contribution in [0.2, 0.25) is 0 Å². The van der Waals surface area contributed by atoms with E-state index in [0.717, 1.165) is 0 Å². The maximum absolute atomic E-state index is 12.1. The topological polar surface area (TPSA) is 106 Å². The van der Waals surface area contributed by atoms with E-state index in [9.17, 15) is 14.7 Å². The number of nitrogens with one attached hydrogen (secondary N) is 1. The average molecular weight is 292 g/mol. The summed E-state index contributed by atoms with van der Waals surface area (Å²) in [5, 5.41) is 15.3. The summed E-state index contributed by atoms with van der Waals surface area (Å²) in [4.78, 5) is 23.3. The fraction of sp³-hybridized carbons (Fsp3) is 0.357. The fourth-order valence-corrected chi connectivity index (χ4v) is 1.77. The number of aromatic nitrogens is 1. The Kier molecular flexibility index (Phi) is 3.84. The summed E-state index contributed by atoms with van der Waals surface area (Å²) in [5.41, 5.74) is -0.633. The predicted molar refractivity (Wildman–Crippen MR) is 72.6 cm³/mol. The van der Waals surface area contributed by atoms with Gasteiger partial charge in [0, 0.05) is 6.07 Å². The second kappa shape index (κ2) is 5.43. The van der Waals surface area contributed by atoms with Crippen molar-refractivity contribution >= 4 is 11.9 Å². The summed E-state index contributed by atoms with van der Waals surface area (Å²) < 4.78 is 10.1. The van der Waals surface area contributed by atoms with Gasteiger partial charge in [0.25, 0.3) is 5.91 Å². The smallest absolute Gasteiger partial charge is 0.326 e. The van der Waals surface area contributed by atoms with Crippen molar-refractivity contribution in [3.8, 4) is 11.5 Å². The van der Waals surface area contributed by atoms with Crippen LogP contribution in [-0.2, 0) is 4.79 Å². The van der Waals surface area contributed by atoms with Gasteiger partial charge in [0.15, 0.2) is 11.5 Å². The largest absolute Gasteiger partial charge is 0.480 e. The average Bonchev–Trinajstić information content (AvgIpc) is 3.03. The lowest BCUT2D eigenvalue weighted by molar-refractivity contribution is -0.142. The molecule has 0 aliphatic heterocycles. The van der Waals surface area contributed by atoms with Crippen LogP contribution in [0, 0.1) is 5.41 Å². The summed E-state index contributed by atoms with van der Waals surface area (Å²) in [5.74, 6) is -0.982. The first kappa shape index (κ1) is 14.8. The highest BCUT2D eigenvalue weighted by molar-refractivity contribution is 5.95. The molecule has 2 rings (SSSR count). The van der Waals surface area contributed by atoms with Gasteiger partial charge in [-0.1, -0.05) is 25.9 Å². The van der Waals surface area contributed by atoms with E-state index in [1.54, 1.807) is 32.9 Å². The van der Waals surface area contributed by atoms with E-state index in [4.69, 9.17) is 8.94 Å². The van der Waals surface area contributed by atoms with E-state index in [0.29, 0.717) is 11.5 Å². The van der Waals surface area contributed by atoms with Crippen molar-refractivity contribution in [3.05, 3.63) is 30.2 Å². The molecule has 0 aliphatic rings. The first-order chi connectivity index (χ1) is 9.79. The molecule has 0 radical (unpaired) electrons. The van der Waals surface area contributed by atoms with Crippen molar-refractivity contribution in [1.29, 1.82) is 0 Å². The predicted octanol–water partition coefficient (Wildman–Crippen LogP) is 2.16. The van der Waals surface area contributed by atoms with Gasteiger partial charge in [0.05, 0.1) is 6.26 Å². The molecule has 0 aromatic carbocycles. The molecule has 2 aromatic heterocycles. The number of furan rings is 1. The van der Waals surface area contributed by atoms with Crippen molar-refractivity contribution in [2.75, 3.05) is 0 Å². The van der Waals surface area contributed by atoms with Crippen LogP contribution in [0.25, 0.3) is 11.5 Å². The fourth-order valence-electron chi connectivity index (χ4n) is 1.77. The van der Waals surface area contributed by atoms with Gasteiger partial charge >= 0.3 is 5.97 Å². The molecule has 0 saturated carbocycles. The second-order valence-electron chi connectivity index (χ2n) is 5.66. The standard InChI is InChI=1S/C14H16N2O5/c1-14(2,3)11(13(18)19)15-12(17)8-7-10(21-16-8)9-5-4-6-20-9/h4-7,11H,1-3H3,(H,15,17)(H,18,19)/t11-/m1/s1. The summed E-state index contributed by atoms with van der Waals surface area (Å²) in [6.45, 7) is 5.18. The lowest BCUT2D eigenvalue weighted by Crippen LogP contribution is -2.49. The van der Waals surface area contributed by atoms with Crippen LogP contribution in [0.5, 0.6) is 0 Å². The molecule has 0 saturated heterocycles. The first-order valence-electron chi connectivity index (χ1n) is 6.33. The number of nitrogens with zero attached hydrogens (tertiary/aromatic N) is 1. The van der Waals surface area contributed by atoms with Crippen LogP contribution in [0.3, 0.4) is 0 Å². The molecule has 0 aliphatic carbocycles. The summed E-state index contributed by atoms with van der Waals surface area (Å²) in [6, 6.07) is 3.71. The zero-order chi connectivity index (χ0) is 15.6. The van der Waals surface area contributed by atoms with Gasteiger partial charge in [0.1, 0.15) is 6.04 Å². The third-order valence-corrected chi connectivity index (χ3v) is 2.90. The third-order valence-electron chi connectivity index (χ3n) is 2.90. The SMILES string of the molecule is CC(C)(C)[C@H](NC(=O)c1cc(-c2ccco2)on1)C(=O)O. The van der Waals surface area contributed by atoms with Crippen molar-refractivity contribution < 1.29 is 23.6 Å². The lowest BCUT2D eigenvalue weighted by atomic mass is 9.86. The van der Waals surface area contributed by atoms with Crippen LogP contribution >= 0.6 is 0 Å². The van der Waals surface area contributed by atoms with Gasteiger partial charge in [-0.25, -0.2) is 4.79 Å². The van der Waals surface area contributed by atoms with Gasteiger partial charge < -0.3 is 19.4 Å². The number of carbonyl (C=O) groups excluding carboxylic acids is 1. The molecule has 0 unspecified atom stereocenters. The molecule has 2 heterocycles. The van der Waals surface area contributed by atoms with E-state index in [1.165, 1.54) is 12.3 Å². The quantitative estimate of drug-likeness (QED) is 0.894. The summed E-state index contributed by atoms with van der Waals surface area (Å²) in [7, 11) is 0. The lowest BCUT2D eigenvalue weighted by Gasteiger charge is -2.27. The molecular weight excluding hydrogens is 276 g/mol. The molecule has 1 amide bonds. The second-order valence-corrected chi connectivity index (χ2v) is 5.66. The van der Waals surface area contributed by atoms with Crippen molar-refractivity contribution in [2.24, 2.45) is 5.41 Å². The third kappa shape index (κ3) is 3.31. The molecule has 2 N–H and O–H groups in total. The molecule has 0 spiro atoms. The molecule has 0 fully saturated rings. The zero-order valence-corrected chi connectivity index (χ0v) is 11.9. The highest BCUT2D eigenvalue weighted by Gasteiger charge is 2.33. The zero-order valence-electron chi connectivity index (χ0n) is 11.9. The molecule has 7 heteroatoms. The number of hydrogen-bond acceptors (Lipinski definition) is 5. The van der Waals surface area contributed by atoms with E-state index >= 15 is 0 Å². The van der Waals surface area contributed by atoms with Crippen LogP contribution in [0.4, 0.5) is 0 Å². The molecule has 21 heavy (non-hydrogen) atoms. The Labute approximate surface area is 120 Å². The Morgan fingerprint density at radius 3 is 2.57 bits per heavy atom. The van der Waals surface area contributed by atoms with E-state index in [-0.39, 0.29) is 5.69 Å². The number of amides is 1. The van der Waals surface area contributed by atoms with Gasteiger partial charge in [0.2, 0.25) is 5.76 Å². The first-order valence-corrected chi connectivity index (χ1v) is 6.33. The minimum absolute atomic E-state index is 0.00287. The Bertz CT molecular complexity index is 637. The van der Waals surface area contributed by atoms with Crippen LogP contribution < -0.4 is 5.32 Å². The Morgan fingerprint density at radius 2 is 2.05 bits per heavy atom. The Balaban J connectivity index is 2.15. The summed E-state index contributed by atoms with van der Waals surface area (Å²) in [6.07, 6.45) is 1.47. The van der Waals surface area contributed by atoms with E-state index in [1.807, 2.05) is 0 Å². The van der Waals surface area contributed by atoms with Gasteiger partial charge in [-0.2, -0.15) is 0 Å². The van der Waals surface area contributed by atoms with Crippen LogP contribution in [-0.4, -0.2) is 28.2 Å². The van der Waals surface area contributed by atoms with Gasteiger partial charge in [-0.15, -0.1) is 0 Å². The Morgan fingerprint density at radius 1 is 1.33 bits per heavy atom. The highest BCUT2D eigenvalue weighted by Crippen LogP contribution is 2.22. The number of carboxylic acids is 1. The van der Waals surface area contributed by atoms with Crippen LogP contribution in [0.15, 0.2) is 33.4 Å². The van der Waals surface area contributed by atoms with Gasteiger partial charge in [-0.05, 0) is 17.5 Å². The molecule has 0 bridgehead atoms. The number of aliphatic carboxylic acids is 1.